The van der Waals surface area contributed by atoms with E-state index in [1.54, 1.807) is 0 Å². The van der Waals surface area contributed by atoms with E-state index in [2.05, 4.69) is 32.3 Å². The zero-order valence-corrected chi connectivity index (χ0v) is 15.6. The highest BCUT2D eigenvalue weighted by atomic mass is 32.2. The molecule has 2 unspecified atom stereocenters. The first kappa shape index (κ1) is 21.3. The van der Waals surface area contributed by atoms with Crippen LogP contribution in [-0.4, -0.2) is 67.7 Å². The number of aliphatic hydroxyl groups excluding tert-OH is 2. The van der Waals surface area contributed by atoms with Gasteiger partial charge in [0.2, 0.25) is 11.8 Å². The van der Waals surface area contributed by atoms with E-state index >= 15 is 0 Å². The Bertz CT molecular complexity index is 442. The van der Waals surface area contributed by atoms with E-state index < -0.39 is 12.5 Å². The average molecular weight is 415 g/mol. The zero-order valence-electron chi connectivity index (χ0n) is 12.3. The second-order valence-electron chi connectivity index (χ2n) is 4.36. The van der Waals surface area contributed by atoms with Crippen LogP contribution >= 0.6 is 48.0 Å². The molecule has 1 rings (SSSR count). The Hall–Kier alpha value is -0.740. The van der Waals surface area contributed by atoms with Crippen molar-refractivity contribution in [3.8, 4) is 0 Å². The molecule has 1 aliphatic heterocycles. The predicted molar refractivity (Wildman–Crippen MR) is 101 cm³/mol. The maximum Gasteiger partial charge on any atom is 0.236 e. The Morgan fingerprint density at radius 3 is 1.67 bits per heavy atom. The number of nitrogens with one attached hydrogen (secondary N) is 6. The Balaban J connectivity index is 2.54. The largest absolute Gasteiger partial charge is 0.376 e. The average Bonchev–Trinajstić information content (AvgIpc) is 2.50. The van der Waals surface area contributed by atoms with Crippen LogP contribution in [0.4, 0.5) is 0 Å². The summed E-state index contributed by atoms with van der Waals surface area (Å²) in [6.45, 7) is 0. The number of rotatable bonds is 0. The van der Waals surface area contributed by atoms with Gasteiger partial charge in [-0.1, -0.05) is 0 Å². The maximum atomic E-state index is 11.6. The van der Waals surface area contributed by atoms with Gasteiger partial charge in [0.15, 0.2) is 10.2 Å². The van der Waals surface area contributed by atoms with Crippen molar-refractivity contribution in [2.24, 2.45) is 0 Å². The number of aliphatic hydroxyl groups is 2. The molecule has 0 aromatic heterocycles. The molecule has 0 aromatic carbocycles. The smallest absolute Gasteiger partial charge is 0.236 e. The number of hydrogen-bond donors (Lipinski definition) is 8. The van der Waals surface area contributed by atoms with Crippen molar-refractivity contribution in [2.45, 2.75) is 12.5 Å². The van der Waals surface area contributed by atoms with Gasteiger partial charge in [-0.2, -0.15) is 11.8 Å². The number of carbonyl (C=O) groups excluding carboxylic acids is 2. The summed E-state index contributed by atoms with van der Waals surface area (Å²) in [5, 5.41) is 24.2. The van der Waals surface area contributed by atoms with Gasteiger partial charge in [-0.05, 0) is 24.4 Å². The quantitative estimate of drug-likeness (QED) is 0.192. The minimum atomic E-state index is -0.946. The first-order valence-corrected chi connectivity index (χ1v) is 9.71. The van der Waals surface area contributed by atoms with Crippen LogP contribution in [0.15, 0.2) is 0 Å². The summed E-state index contributed by atoms with van der Waals surface area (Å²) < 4.78 is 0. The van der Waals surface area contributed by atoms with E-state index in [1.165, 1.54) is 11.8 Å². The third-order valence-electron chi connectivity index (χ3n) is 2.23. The second-order valence-corrected chi connectivity index (χ2v) is 7.23. The van der Waals surface area contributed by atoms with Crippen molar-refractivity contribution < 1.29 is 19.8 Å². The van der Waals surface area contributed by atoms with Crippen LogP contribution in [0.25, 0.3) is 0 Å². The molecule has 0 aliphatic carbocycles. The number of thioether (sulfide) groups is 2. The highest BCUT2D eigenvalue weighted by Gasteiger charge is 2.12. The minimum Gasteiger partial charge on any atom is -0.376 e. The molecule has 0 aromatic rings. The summed E-state index contributed by atoms with van der Waals surface area (Å²) in [5.74, 6) is -0.237. The zero-order chi connectivity index (χ0) is 17.9. The van der Waals surface area contributed by atoms with Gasteiger partial charge in [0.25, 0.3) is 0 Å². The fourth-order valence-electron chi connectivity index (χ4n) is 1.30. The van der Waals surface area contributed by atoms with Gasteiger partial charge in [-0.3, -0.25) is 20.4 Å². The van der Waals surface area contributed by atoms with E-state index in [0.29, 0.717) is 0 Å². The van der Waals surface area contributed by atoms with Crippen LogP contribution in [0.2, 0.25) is 0 Å². The van der Waals surface area contributed by atoms with Crippen molar-refractivity contribution in [3.63, 3.8) is 0 Å². The number of thiocarbonyl (C=S) groups is 2. The number of amides is 2. The molecule has 0 spiro atoms. The molecule has 2 atom stereocenters. The highest BCUT2D eigenvalue weighted by Crippen LogP contribution is 2.02. The van der Waals surface area contributed by atoms with E-state index in [1.807, 2.05) is 0 Å². The molecule has 1 fully saturated rings. The van der Waals surface area contributed by atoms with Gasteiger partial charge in [0.05, 0.1) is 11.5 Å². The van der Waals surface area contributed by atoms with Gasteiger partial charge < -0.3 is 20.8 Å². The molecule has 10 nitrogen and oxygen atoms in total. The highest BCUT2D eigenvalue weighted by molar-refractivity contribution is 8.00. The summed E-state index contributed by atoms with van der Waals surface area (Å²) in [5.41, 5.74) is 9.98. The van der Waals surface area contributed by atoms with Crippen LogP contribution in [0, 0.1) is 0 Å². The molecule has 14 heteroatoms. The molecule has 2 amide bonds. The maximum absolute atomic E-state index is 11.6. The van der Waals surface area contributed by atoms with Crippen LogP contribution in [-0.2, 0) is 9.59 Å². The molecule has 1 saturated heterocycles. The SMILES string of the molecule is O=C1CSCC(=O)NC(=S)NNC(O)CSCC(O)NNC(=S)N1. The number of hydrazine groups is 2. The van der Waals surface area contributed by atoms with Crippen molar-refractivity contribution in [3.05, 3.63) is 0 Å². The number of hydrogen-bond acceptors (Lipinski definition) is 10. The Morgan fingerprint density at radius 2 is 1.25 bits per heavy atom. The molecular weight excluding hydrogens is 396 g/mol. The molecule has 0 radical (unpaired) electrons. The van der Waals surface area contributed by atoms with Crippen LogP contribution < -0.4 is 32.3 Å². The Morgan fingerprint density at radius 1 is 0.833 bits per heavy atom. The lowest BCUT2D eigenvalue weighted by molar-refractivity contribution is -0.117. The fourth-order valence-corrected chi connectivity index (χ4v) is 3.01. The fraction of sp³-hybridized carbons (Fsp3) is 0.600. The lowest BCUT2D eigenvalue weighted by atomic mass is 10.7. The molecule has 8 N–H and O–H groups in total. The molecule has 0 saturated carbocycles. The molecule has 24 heavy (non-hydrogen) atoms. The summed E-state index contributed by atoms with van der Waals surface area (Å²) >= 11 is 12.1. The predicted octanol–water partition coefficient (Wildman–Crippen LogP) is -2.91. The minimum absolute atomic E-state index is 0.00213. The Kier molecular flexibility index (Phi) is 10.4. The summed E-state index contributed by atoms with van der Waals surface area (Å²) in [7, 11) is 0. The lowest BCUT2D eigenvalue weighted by Crippen LogP contribution is -2.52. The standard InChI is InChI=1S/C10H18N6O4S4/c17-5-1-23-2-6(18)12-10(22)16-14-8(20)4-24-3-7(19)13-15-9(21)11-5/h7-8,13-14,19-20H,1-4H2,(H2,11,15,17,21)(H2,12,16,18,22). The van der Waals surface area contributed by atoms with Crippen LogP contribution in [0.1, 0.15) is 0 Å². The molecule has 0 bridgehead atoms. The van der Waals surface area contributed by atoms with Gasteiger partial charge in [-0.15, -0.1) is 11.8 Å². The first-order chi connectivity index (χ1) is 11.4. The van der Waals surface area contributed by atoms with Crippen LogP contribution in [0.3, 0.4) is 0 Å². The molecule has 1 aliphatic rings. The van der Waals surface area contributed by atoms with E-state index in [0.717, 1.165) is 11.8 Å². The summed E-state index contributed by atoms with van der Waals surface area (Å²) in [6.07, 6.45) is -1.89. The first-order valence-electron chi connectivity index (χ1n) is 6.59. The van der Waals surface area contributed by atoms with E-state index in [9.17, 15) is 19.8 Å². The third kappa shape index (κ3) is 10.2. The molecule has 136 valence electrons. The summed E-state index contributed by atoms with van der Waals surface area (Å²) in [4.78, 5) is 23.2. The van der Waals surface area contributed by atoms with Gasteiger partial charge in [0, 0.05) is 11.5 Å². The van der Waals surface area contributed by atoms with Crippen molar-refractivity contribution in [2.75, 3.05) is 23.0 Å². The van der Waals surface area contributed by atoms with Crippen molar-refractivity contribution in [1.82, 2.24) is 32.3 Å². The second kappa shape index (κ2) is 11.8. The normalized spacial score (nSPS) is 26.2. The lowest BCUT2D eigenvalue weighted by Gasteiger charge is -2.18. The van der Waals surface area contributed by atoms with Crippen molar-refractivity contribution in [1.29, 1.82) is 0 Å². The van der Waals surface area contributed by atoms with Gasteiger partial charge in [0.1, 0.15) is 12.5 Å². The van der Waals surface area contributed by atoms with Crippen molar-refractivity contribution >= 4 is 70.0 Å². The summed E-state index contributed by atoms with van der Waals surface area (Å²) in [6, 6.07) is 0. The van der Waals surface area contributed by atoms with E-state index in [4.69, 9.17) is 24.4 Å². The molecular formula is C10H18N6O4S4. The monoisotopic (exact) mass is 414 g/mol. The molecule has 1 heterocycles. The van der Waals surface area contributed by atoms with Gasteiger partial charge >= 0.3 is 0 Å². The Labute approximate surface area is 157 Å². The van der Waals surface area contributed by atoms with Gasteiger partial charge in [-0.25, -0.2) is 10.9 Å². The van der Waals surface area contributed by atoms with Crippen LogP contribution in [0.5, 0.6) is 0 Å². The third-order valence-corrected chi connectivity index (χ3v) is 4.67. The topological polar surface area (TPSA) is 147 Å². The number of carbonyl (C=O) groups is 2. The van der Waals surface area contributed by atoms with E-state index in [-0.39, 0.29) is 45.1 Å².